The summed E-state index contributed by atoms with van der Waals surface area (Å²) in [4.78, 5) is 27.9. The molecule has 3 aromatic rings. The summed E-state index contributed by atoms with van der Waals surface area (Å²) in [6.45, 7) is 5.42. The average molecular weight is 438 g/mol. The van der Waals surface area contributed by atoms with Crippen LogP contribution in [0.25, 0.3) is 0 Å². The normalized spacial score (nSPS) is 16.1. The molecule has 0 saturated carbocycles. The SMILES string of the molecule is C=CC1CC2=Nc3c(ccc([N+](=O)[O-])c31)OB(c1ccc(C(C)=O)cc1)Oc1ccccc12. The fourth-order valence-electron chi connectivity index (χ4n) is 4.25. The predicted octanol–water partition coefficient (Wildman–Crippen LogP) is 4.76. The standard InChI is InChI=1S/C25H19BN2O5/c1-3-16-14-20-19-6-4-5-7-22(19)32-26(18-10-8-17(9-11-18)15(2)29)33-23-13-12-21(28(30)31)24(16)25(23)27-20/h3-13,16H,1,14H2,2H3. The number of aliphatic imine (C=N–C) groups is 1. The summed E-state index contributed by atoms with van der Waals surface area (Å²) in [5.41, 5.74) is 3.72. The van der Waals surface area contributed by atoms with E-state index in [1.165, 1.54) is 13.0 Å². The Balaban J connectivity index is 1.72. The van der Waals surface area contributed by atoms with Gasteiger partial charge in [-0.1, -0.05) is 42.5 Å². The van der Waals surface area contributed by atoms with Gasteiger partial charge >= 0.3 is 7.12 Å². The number of para-hydroxylation sites is 1. The van der Waals surface area contributed by atoms with Crippen molar-refractivity contribution in [3.63, 3.8) is 0 Å². The van der Waals surface area contributed by atoms with Crippen LogP contribution in [-0.2, 0) is 0 Å². The van der Waals surface area contributed by atoms with Crippen molar-refractivity contribution in [1.82, 2.24) is 0 Å². The number of fused-ring (bicyclic) bond motifs is 2. The van der Waals surface area contributed by atoms with Gasteiger partial charge in [-0.3, -0.25) is 14.9 Å². The van der Waals surface area contributed by atoms with Crippen molar-refractivity contribution in [3.05, 3.63) is 100 Å². The molecule has 1 atom stereocenters. The number of benzene rings is 3. The van der Waals surface area contributed by atoms with Crippen LogP contribution in [0.15, 0.2) is 78.3 Å². The van der Waals surface area contributed by atoms with Crippen LogP contribution in [0, 0.1) is 10.1 Å². The monoisotopic (exact) mass is 438 g/mol. The first-order valence-electron chi connectivity index (χ1n) is 10.5. The molecule has 0 aliphatic carbocycles. The number of rotatable bonds is 4. The maximum absolute atomic E-state index is 11.8. The zero-order chi connectivity index (χ0) is 23.1. The highest BCUT2D eigenvalue weighted by atomic mass is 16.6. The van der Waals surface area contributed by atoms with E-state index in [-0.39, 0.29) is 17.4 Å². The number of carbonyl (C=O) groups is 1. The molecular weight excluding hydrogens is 419 g/mol. The Morgan fingerprint density at radius 3 is 2.55 bits per heavy atom. The fourth-order valence-corrected chi connectivity index (χ4v) is 4.25. The topological polar surface area (TPSA) is 91.0 Å². The van der Waals surface area contributed by atoms with Crippen molar-refractivity contribution in [3.8, 4) is 11.5 Å². The maximum atomic E-state index is 11.8. The number of Topliss-reactive ketones (excluding diaryl/α,β-unsaturated/α-hetero) is 1. The Kier molecular flexibility index (Phi) is 5.05. The smallest absolute Gasteiger partial charge is 0.521 e. The van der Waals surface area contributed by atoms with Crippen molar-refractivity contribution in [2.24, 2.45) is 4.99 Å². The van der Waals surface area contributed by atoms with Gasteiger partial charge in [0.2, 0.25) is 0 Å². The molecule has 7 nitrogen and oxygen atoms in total. The molecule has 0 N–H and O–H groups in total. The number of ketones is 1. The highest BCUT2D eigenvalue weighted by molar-refractivity contribution is 6.63. The van der Waals surface area contributed by atoms with Crippen LogP contribution in [0.4, 0.5) is 11.4 Å². The zero-order valence-electron chi connectivity index (χ0n) is 17.9. The van der Waals surface area contributed by atoms with Crippen LogP contribution in [-0.4, -0.2) is 23.5 Å². The van der Waals surface area contributed by atoms with Crippen molar-refractivity contribution < 1.29 is 19.0 Å². The van der Waals surface area contributed by atoms with Gasteiger partial charge in [-0.2, -0.15) is 0 Å². The molecule has 2 bridgehead atoms. The molecule has 2 aliphatic heterocycles. The summed E-state index contributed by atoms with van der Waals surface area (Å²) < 4.78 is 12.6. The lowest BCUT2D eigenvalue weighted by Crippen LogP contribution is -2.42. The van der Waals surface area contributed by atoms with E-state index in [0.717, 1.165) is 11.3 Å². The molecule has 5 rings (SSSR count). The molecule has 0 aromatic heterocycles. The lowest BCUT2D eigenvalue weighted by atomic mass is 9.78. The van der Waals surface area contributed by atoms with Gasteiger partial charge in [0.25, 0.3) is 5.69 Å². The Morgan fingerprint density at radius 2 is 1.85 bits per heavy atom. The average Bonchev–Trinajstić information content (AvgIpc) is 2.88. The molecule has 0 saturated heterocycles. The predicted molar refractivity (Wildman–Crippen MR) is 126 cm³/mol. The van der Waals surface area contributed by atoms with E-state index in [4.69, 9.17) is 14.3 Å². The third kappa shape index (κ3) is 3.59. The lowest BCUT2D eigenvalue weighted by Gasteiger charge is -2.23. The van der Waals surface area contributed by atoms with Gasteiger partial charge in [-0.05, 0) is 25.1 Å². The van der Waals surface area contributed by atoms with E-state index in [0.29, 0.717) is 40.2 Å². The second kappa shape index (κ2) is 8.05. The summed E-state index contributed by atoms with van der Waals surface area (Å²) in [5, 5.41) is 11.8. The minimum absolute atomic E-state index is 0.0131. The van der Waals surface area contributed by atoms with Gasteiger partial charge in [0.05, 0.1) is 16.2 Å². The highest BCUT2D eigenvalue weighted by Crippen LogP contribution is 2.48. The van der Waals surface area contributed by atoms with Crippen LogP contribution in [0.2, 0.25) is 0 Å². The van der Waals surface area contributed by atoms with Gasteiger partial charge in [0.1, 0.15) is 17.2 Å². The molecule has 1 unspecified atom stereocenters. The summed E-state index contributed by atoms with van der Waals surface area (Å²) in [6, 6.07) is 17.5. The van der Waals surface area contributed by atoms with Gasteiger partial charge in [0, 0.05) is 35.0 Å². The molecule has 0 spiro atoms. The first-order chi connectivity index (χ1) is 16.0. The fraction of sp³-hybridized carbons (Fsp3) is 0.120. The molecule has 0 amide bonds. The molecule has 0 radical (unpaired) electrons. The van der Waals surface area contributed by atoms with Gasteiger partial charge in [-0.25, -0.2) is 4.99 Å². The van der Waals surface area contributed by atoms with Crippen LogP contribution >= 0.6 is 0 Å². The summed E-state index contributed by atoms with van der Waals surface area (Å²) in [5.74, 6) is 0.638. The van der Waals surface area contributed by atoms with Crippen molar-refractivity contribution in [1.29, 1.82) is 0 Å². The number of carbonyl (C=O) groups excluding carboxylic acids is 1. The number of nitrogens with zero attached hydrogens (tertiary/aromatic N) is 2. The maximum Gasteiger partial charge on any atom is 0.632 e. The van der Waals surface area contributed by atoms with E-state index < -0.39 is 12.0 Å². The summed E-state index contributed by atoms with van der Waals surface area (Å²) >= 11 is 0. The van der Waals surface area contributed by atoms with Gasteiger partial charge < -0.3 is 9.31 Å². The van der Waals surface area contributed by atoms with Crippen molar-refractivity contribution in [2.75, 3.05) is 0 Å². The second-order valence-electron chi connectivity index (χ2n) is 7.95. The Labute approximate surface area is 190 Å². The third-order valence-corrected chi connectivity index (χ3v) is 5.92. The lowest BCUT2D eigenvalue weighted by molar-refractivity contribution is -0.385. The molecule has 3 aromatic carbocycles. The largest absolute Gasteiger partial charge is 0.632 e. The molecule has 162 valence electrons. The number of nitro groups is 1. The third-order valence-electron chi connectivity index (χ3n) is 5.92. The first-order valence-corrected chi connectivity index (χ1v) is 10.5. The van der Waals surface area contributed by atoms with Crippen molar-refractivity contribution >= 4 is 35.5 Å². The number of nitro benzene ring substituents is 1. The zero-order valence-corrected chi connectivity index (χ0v) is 17.9. The van der Waals surface area contributed by atoms with E-state index in [1.807, 2.05) is 24.3 Å². The second-order valence-corrected chi connectivity index (χ2v) is 7.95. The Bertz CT molecular complexity index is 1330. The summed E-state index contributed by atoms with van der Waals surface area (Å²) in [7, 11) is -0.852. The first kappa shape index (κ1) is 20.7. The number of hydrogen-bond donors (Lipinski definition) is 0. The van der Waals surface area contributed by atoms with Gasteiger partial charge in [-0.15, -0.1) is 6.58 Å². The number of hydrogen-bond acceptors (Lipinski definition) is 6. The van der Waals surface area contributed by atoms with E-state index >= 15 is 0 Å². The van der Waals surface area contributed by atoms with E-state index in [9.17, 15) is 14.9 Å². The van der Waals surface area contributed by atoms with Crippen LogP contribution < -0.4 is 14.8 Å². The molecular formula is C25H19BN2O5. The van der Waals surface area contributed by atoms with E-state index in [2.05, 4.69) is 6.58 Å². The highest BCUT2D eigenvalue weighted by Gasteiger charge is 2.37. The van der Waals surface area contributed by atoms with Crippen LogP contribution in [0.3, 0.4) is 0 Å². The van der Waals surface area contributed by atoms with Gasteiger partial charge in [0.15, 0.2) is 5.78 Å². The summed E-state index contributed by atoms with van der Waals surface area (Å²) in [6.07, 6.45) is 2.17. The Hall–Kier alpha value is -4.20. The molecule has 2 heterocycles. The minimum atomic E-state index is -0.852. The van der Waals surface area contributed by atoms with Crippen LogP contribution in [0.5, 0.6) is 11.5 Å². The molecule has 33 heavy (non-hydrogen) atoms. The molecule has 2 aliphatic rings. The molecule has 8 heteroatoms. The number of allylic oxidation sites excluding steroid dienone is 1. The minimum Gasteiger partial charge on any atom is -0.521 e. The quantitative estimate of drug-likeness (QED) is 0.193. The van der Waals surface area contributed by atoms with Crippen LogP contribution in [0.1, 0.15) is 40.7 Å². The van der Waals surface area contributed by atoms with Crippen molar-refractivity contribution in [2.45, 2.75) is 19.3 Å². The molecule has 0 fully saturated rings. The van der Waals surface area contributed by atoms with E-state index in [1.54, 1.807) is 36.4 Å². The Morgan fingerprint density at radius 1 is 1.12 bits per heavy atom.